The zero-order valence-corrected chi connectivity index (χ0v) is 13.0. The van der Waals surface area contributed by atoms with Gasteiger partial charge in [0.2, 0.25) is 0 Å². The molecule has 0 saturated carbocycles. The third-order valence-corrected chi connectivity index (χ3v) is 4.88. The first-order chi connectivity index (χ1) is 9.42. The number of nitrogens with zero attached hydrogens (tertiary/aromatic N) is 1. The van der Waals surface area contributed by atoms with E-state index >= 15 is 0 Å². The van der Waals surface area contributed by atoms with Gasteiger partial charge < -0.3 is 15.3 Å². The highest BCUT2D eigenvalue weighted by molar-refractivity contribution is 7.99. The summed E-state index contributed by atoms with van der Waals surface area (Å²) in [6.07, 6.45) is 0.523. The van der Waals surface area contributed by atoms with Crippen LogP contribution < -0.4 is 10.2 Å². The predicted octanol–water partition coefficient (Wildman–Crippen LogP) is 2.34. The van der Waals surface area contributed by atoms with Crippen molar-refractivity contribution in [1.29, 1.82) is 0 Å². The molecule has 0 radical (unpaired) electrons. The summed E-state index contributed by atoms with van der Waals surface area (Å²) in [4.78, 5) is 14.3. The third kappa shape index (κ3) is 3.27. The van der Waals surface area contributed by atoms with Gasteiger partial charge in [0, 0.05) is 30.2 Å². The maximum Gasteiger partial charge on any atom is 0.257 e. The van der Waals surface area contributed by atoms with Crippen LogP contribution in [0.4, 0.5) is 11.4 Å². The number of hydrogen-bond acceptors (Lipinski definition) is 4. The average molecular weight is 294 g/mol. The zero-order chi connectivity index (χ0) is 14.8. The Hall–Kier alpha value is -1.20. The van der Waals surface area contributed by atoms with Gasteiger partial charge in [0.1, 0.15) is 0 Å². The second-order valence-corrected chi connectivity index (χ2v) is 6.65. The Kier molecular flexibility index (Phi) is 4.60. The molecule has 1 aliphatic rings. The van der Waals surface area contributed by atoms with Gasteiger partial charge in [0.05, 0.1) is 0 Å². The summed E-state index contributed by atoms with van der Waals surface area (Å²) < 4.78 is 0. The van der Waals surface area contributed by atoms with E-state index in [0.29, 0.717) is 18.2 Å². The van der Waals surface area contributed by atoms with Crippen molar-refractivity contribution in [3.8, 4) is 0 Å². The van der Waals surface area contributed by atoms with Crippen molar-refractivity contribution in [1.82, 2.24) is 0 Å². The summed E-state index contributed by atoms with van der Waals surface area (Å²) in [5, 5.41) is 13.1. The standard InChI is InChI=1S/C15H22N2O2S/c1-11(2)17(3)13-6-4-5-12(9-13)16-14(18)15(19)7-8-20-10-15/h4-6,9,11,19H,7-8,10H2,1-3H3,(H,16,18). The number of carbonyl (C=O) groups excluding carboxylic acids is 1. The zero-order valence-electron chi connectivity index (χ0n) is 12.2. The lowest BCUT2D eigenvalue weighted by Gasteiger charge is -2.25. The molecule has 0 aromatic heterocycles. The SMILES string of the molecule is CC(C)N(C)c1cccc(NC(=O)C2(O)CCSC2)c1. The second kappa shape index (κ2) is 6.06. The maximum absolute atomic E-state index is 12.2. The van der Waals surface area contributed by atoms with Crippen molar-refractivity contribution in [2.75, 3.05) is 28.8 Å². The molecular weight excluding hydrogens is 272 g/mol. The molecule has 1 amide bonds. The summed E-state index contributed by atoms with van der Waals surface area (Å²) in [5.41, 5.74) is 0.556. The van der Waals surface area contributed by atoms with E-state index in [1.165, 1.54) is 0 Å². The van der Waals surface area contributed by atoms with Gasteiger partial charge in [-0.25, -0.2) is 0 Å². The number of hydrogen-bond donors (Lipinski definition) is 2. The molecule has 2 N–H and O–H groups in total. The number of benzene rings is 1. The van der Waals surface area contributed by atoms with Crippen LogP contribution in [0.1, 0.15) is 20.3 Å². The van der Waals surface area contributed by atoms with Gasteiger partial charge in [-0.2, -0.15) is 11.8 Å². The highest BCUT2D eigenvalue weighted by Gasteiger charge is 2.39. The molecule has 1 unspecified atom stereocenters. The maximum atomic E-state index is 12.2. The predicted molar refractivity (Wildman–Crippen MR) is 85.5 cm³/mol. The molecule has 1 fully saturated rings. The number of rotatable bonds is 4. The average Bonchev–Trinajstić information content (AvgIpc) is 2.86. The minimum Gasteiger partial charge on any atom is -0.379 e. The summed E-state index contributed by atoms with van der Waals surface area (Å²) in [5.74, 6) is 1.01. The molecule has 0 bridgehead atoms. The number of aliphatic hydroxyl groups is 1. The van der Waals surface area contributed by atoms with E-state index in [4.69, 9.17) is 0 Å². The lowest BCUT2D eigenvalue weighted by molar-refractivity contribution is -0.131. The molecule has 1 aromatic rings. The van der Waals surface area contributed by atoms with E-state index < -0.39 is 5.60 Å². The molecule has 0 aliphatic carbocycles. The van der Waals surface area contributed by atoms with Crippen LogP contribution in [0.3, 0.4) is 0 Å². The van der Waals surface area contributed by atoms with Crippen LogP contribution in [0.5, 0.6) is 0 Å². The van der Waals surface area contributed by atoms with Gasteiger partial charge in [0.15, 0.2) is 5.60 Å². The van der Waals surface area contributed by atoms with Crippen LogP contribution in [0.2, 0.25) is 0 Å². The Morgan fingerprint density at radius 2 is 2.25 bits per heavy atom. The molecule has 2 rings (SSSR count). The number of carbonyl (C=O) groups is 1. The molecule has 20 heavy (non-hydrogen) atoms. The van der Waals surface area contributed by atoms with Crippen molar-refractivity contribution >= 4 is 29.0 Å². The van der Waals surface area contributed by atoms with Gasteiger partial charge in [-0.1, -0.05) is 6.07 Å². The Morgan fingerprint density at radius 1 is 1.50 bits per heavy atom. The van der Waals surface area contributed by atoms with E-state index in [-0.39, 0.29) is 5.91 Å². The number of amides is 1. The van der Waals surface area contributed by atoms with Crippen molar-refractivity contribution in [2.45, 2.75) is 31.9 Å². The first-order valence-corrected chi connectivity index (χ1v) is 8.02. The topological polar surface area (TPSA) is 52.6 Å². The van der Waals surface area contributed by atoms with Crippen LogP contribution >= 0.6 is 11.8 Å². The molecule has 1 aromatic carbocycles. The Bertz CT molecular complexity index is 485. The quantitative estimate of drug-likeness (QED) is 0.895. The second-order valence-electron chi connectivity index (χ2n) is 5.54. The number of anilines is 2. The molecule has 4 nitrogen and oxygen atoms in total. The number of nitrogens with one attached hydrogen (secondary N) is 1. The van der Waals surface area contributed by atoms with E-state index in [1.54, 1.807) is 11.8 Å². The van der Waals surface area contributed by atoms with Crippen molar-refractivity contribution in [3.63, 3.8) is 0 Å². The van der Waals surface area contributed by atoms with Crippen molar-refractivity contribution in [2.24, 2.45) is 0 Å². The van der Waals surface area contributed by atoms with Gasteiger partial charge in [-0.15, -0.1) is 0 Å². The fourth-order valence-electron chi connectivity index (χ4n) is 2.08. The number of thioether (sulfide) groups is 1. The molecule has 110 valence electrons. The fourth-order valence-corrected chi connectivity index (χ4v) is 3.32. The largest absolute Gasteiger partial charge is 0.379 e. The molecule has 0 spiro atoms. The van der Waals surface area contributed by atoms with E-state index in [1.807, 2.05) is 31.3 Å². The molecule has 1 aliphatic heterocycles. The van der Waals surface area contributed by atoms with Crippen molar-refractivity contribution < 1.29 is 9.90 Å². The fraction of sp³-hybridized carbons (Fsp3) is 0.533. The van der Waals surface area contributed by atoms with Gasteiger partial charge in [0.25, 0.3) is 5.91 Å². The van der Waals surface area contributed by atoms with Crippen LogP contribution in [0.25, 0.3) is 0 Å². The van der Waals surface area contributed by atoms with Crippen LogP contribution in [0, 0.1) is 0 Å². The third-order valence-electron chi connectivity index (χ3n) is 3.71. The highest BCUT2D eigenvalue weighted by Crippen LogP contribution is 2.29. The van der Waals surface area contributed by atoms with Gasteiger partial charge in [-0.3, -0.25) is 4.79 Å². The van der Waals surface area contributed by atoms with E-state index in [9.17, 15) is 9.90 Å². The van der Waals surface area contributed by atoms with Crippen molar-refractivity contribution in [3.05, 3.63) is 24.3 Å². The normalized spacial score (nSPS) is 22.1. The van der Waals surface area contributed by atoms with Crippen LogP contribution in [-0.4, -0.2) is 41.2 Å². The van der Waals surface area contributed by atoms with Gasteiger partial charge >= 0.3 is 0 Å². The van der Waals surface area contributed by atoms with Gasteiger partial charge in [-0.05, 0) is 44.2 Å². The Labute approximate surface area is 124 Å². The monoisotopic (exact) mass is 294 g/mol. The van der Waals surface area contributed by atoms with E-state index in [0.717, 1.165) is 17.1 Å². The Balaban J connectivity index is 2.10. The Morgan fingerprint density at radius 3 is 2.85 bits per heavy atom. The molecule has 1 heterocycles. The van der Waals surface area contributed by atoms with E-state index in [2.05, 4.69) is 24.1 Å². The molecule has 5 heteroatoms. The first kappa shape index (κ1) is 15.2. The lowest BCUT2D eigenvalue weighted by atomic mass is 10.0. The summed E-state index contributed by atoms with van der Waals surface area (Å²) >= 11 is 1.61. The lowest BCUT2D eigenvalue weighted by Crippen LogP contribution is -2.42. The summed E-state index contributed by atoms with van der Waals surface area (Å²) in [6, 6.07) is 8.09. The van der Waals surface area contributed by atoms with Crippen LogP contribution in [-0.2, 0) is 4.79 Å². The smallest absolute Gasteiger partial charge is 0.257 e. The van der Waals surface area contributed by atoms with Crippen LogP contribution in [0.15, 0.2) is 24.3 Å². The minimum absolute atomic E-state index is 0.299. The highest BCUT2D eigenvalue weighted by atomic mass is 32.2. The molecule has 1 saturated heterocycles. The summed E-state index contributed by atoms with van der Waals surface area (Å²) in [6.45, 7) is 4.23. The first-order valence-electron chi connectivity index (χ1n) is 6.87. The molecule has 1 atom stereocenters. The molecular formula is C15H22N2O2S. The summed E-state index contributed by atoms with van der Waals surface area (Å²) in [7, 11) is 2.02. The minimum atomic E-state index is -1.22.